The van der Waals surface area contributed by atoms with Crippen molar-refractivity contribution in [3.8, 4) is 0 Å². The Balaban J connectivity index is 2.81. The Bertz CT molecular complexity index is 393. The lowest BCUT2D eigenvalue weighted by atomic mass is 10.1. The molecule has 0 spiro atoms. The summed E-state index contributed by atoms with van der Waals surface area (Å²) in [5.74, 6) is 0.208. The molecule has 1 unspecified atom stereocenters. The molecule has 16 heavy (non-hydrogen) atoms. The molecule has 0 saturated carbocycles. The van der Waals surface area contributed by atoms with E-state index in [0.717, 1.165) is 11.3 Å². The predicted octanol–water partition coefficient (Wildman–Crippen LogP) is 4.01. The lowest BCUT2D eigenvalue weighted by Gasteiger charge is -2.15. The topological polar surface area (TPSA) is 29.1 Å². The monoisotopic (exact) mass is 303 g/mol. The minimum Gasteiger partial charge on any atom is -0.325 e. The lowest BCUT2D eigenvalue weighted by molar-refractivity contribution is -0.116. The summed E-state index contributed by atoms with van der Waals surface area (Å²) in [5.41, 5.74) is 1.66. The van der Waals surface area contributed by atoms with Crippen molar-refractivity contribution in [1.82, 2.24) is 0 Å². The number of alkyl halides is 1. The van der Waals surface area contributed by atoms with Gasteiger partial charge in [-0.25, -0.2) is 0 Å². The zero-order valence-corrected chi connectivity index (χ0v) is 11.9. The molecule has 0 saturated heterocycles. The van der Waals surface area contributed by atoms with E-state index in [4.69, 9.17) is 11.6 Å². The zero-order chi connectivity index (χ0) is 12.3. The molecule has 0 radical (unpaired) electrons. The quantitative estimate of drug-likeness (QED) is 0.840. The summed E-state index contributed by atoms with van der Waals surface area (Å²) in [4.78, 5) is 11.6. The van der Waals surface area contributed by atoms with Crippen LogP contribution in [0, 0.1) is 12.8 Å². The van der Waals surface area contributed by atoms with Gasteiger partial charge in [0.1, 0.15) is 0 Å². The number of benzene rings is 1. The Hall–Kier alpha value is -0.540. The Morgan fingerprint density at radius 2 is 2.06 bits per heavy atom. The second-order valence-corrected chi connectivity index (χ2v) is 5.44. The van der Waals surface area contributed by atoms with Crippen molar-refractivity contribution in [2.24, 2.45) is 5.92 Å². The van der Waals surface area contributed by atoms with Gasteiger partial charge >= 0.3 is 0 Å². The first-order valence-electron chi connectivity index (χ1n) is 5.13. The molecular weight excluding hydrogens is 289 g/mol. The van der Waals surface area contributed by atoms with Gasteiger partial charge in [-0.3, -0.25) is 4.79 Å². The Labute approximate surface area is 110 Å². The highest BCUT2D eigenvalue weighted by atomic mass is 79.9. The van der Waals surface area contributed by atoms with E-state index in [1.54, 1.807) is 6.07 Å². The molecule has 0 heterocycles. The molecule has 1 atom stereocenters. The fourth-order valence-corrected chi connectivity index (χ4v) is 1.54. The average Bonchev–Trinajstić information content (AvgIpc) is 2.23. The molecule has 1 rings (SSSR count). The highest BCUT2D eigenvalue weighted by molar-refractivity contribution is 9.10. The molecular formula is C12H15BrClNO. The standard InChI is InChI=1S/C12H15BrClNO/c1-7(2)11(13)12(16)15-10-6-4-5-9(14)8(10)3/h4-7,11H,1-3H3,(H,15,16). The molecule has 0 aliphatic rings. The van der Waals surface area contributed by atoms with Crippen molar-refractivity contribution < 1.29 is 4.79 Å². The maximum absolute atomic E-state index is 11.8. The Kier molecular flexibility index (Phi) is 4.81. The predicted molar refractivity (Wildman–Crippen MR) is 72.4 cm³/mol. The van der Waals surface area contributed by atoms with Gasteiger partial charge in [0.05, 0.1) is 4.83 Å². The van der Waals surface area contributed by atoms with E-state index in [-0.39, 0.29) is 16.7 Å². The van der Waals surface area contributed by atoms with Gasteiger partial charge < -0.3 is 5.32 Å². The second kappa shape index (κ2) is 5.69. The van der Waals surface area contributed by atoms with Gasteiger partial charge in [-0.15, -0.1) is 0 Å². The maximum atomic E-state index is 11.8. The van der Waals surface area contributed by atoms with Gasteiger partial charge in [0.25, 0.3) is 0 Å². The molecule has 1 N–H and O–H groups in total. The lowest BCUT2D eigenvalue weighted by Crippen LogP contribution is -2.27. The van der Waals surface area contributed by atoms with Gasteiger partial charge in [-0.2, -0.15) is 0 Å². The van der Waals surface area contributed by atoms with Gasteiger partial charge in [-0.05, 0) is 30.5 Å². The molecule has 0 fully saturated rings. The van der Waals surface area contributed by atoms with E-state index in [0.29, 0.717) is 5.02 Å². The molecule has 4 heteroatoms. The number of carbonyl (C=O) groups is 1. The summed E-state index contributed by atoms with van der Waals surface area (Å²) in [6.45, 7) is 5.87. The van der Waals surface area contributed by atoms with Crippen LogP contribution < -0.4 is 5.32 Å². The number of halogens is 2. The number of rotatable bonds is 3. The molecule has 0 aromatic heterocycles. The van der Waals surface area contributed by atoms with Gasteiger partial charge in [0.15, 0.2) is 0 Å². The van der Waals surface area contributed by atoms with Crippen LogP contribution >= 0.6 is 27.5 Å². The van der Waals surface area contributed by atoms with E-state index in [1.165, 1.54) is 0 Å². The number of hydrogen-bond acceptors (Lipinski definition) is 1. The molecule has 1 amide bonds. The molecule has 0 aliphatic heterocycles. The average molecular weight is 305 g/mol. The van der Waals surface area contributed by atoms with E-state index >= 15 is 0 Å². The fraction of sp³-hybridized carbons (Fsp3) is 0.417. The molecule has 1 aromatic carbocycles. The summed E-state index contributed by atoms with van der Waals surface area (Å²) in [7, 11) is 0. The van der Waals surface area contributed by atoms with Crippen LogP contribution in [-0.2, 0) is 4.79 Å². The maximum Gasteiger partial charge on any atom is 0.238 e. The van der Waals surface area contributed by atoms with Crippen LogP contribution in [0.4, 0.5) is 5.69 Å². The van der Waals surface area contributed by atoms with Crippen LogP contribution in [0.15, 0.2) is 18.2 Å². The number of amides is 1. The van der Waals surface area contributed by atoms with Gasteiger partial charge in [0.2, 0.25) is 5.91 Å². The highest BCUT2D eigenvalue weighted by Gasteiger charge is 2.19. The first-order chi connectivity index (χ1) is 7.43. The van der Waals surface area contributed by atoms with E-state index in [1.807, 2.05) is 32.9 Å². The molecule has 2 nitrogen and oxygen atoms in total. The van der Waals surface area contributed by atoms with Gasteiger partial charge in [-0.1, -0.05) is 47.4 Å². The molecule has 0 aliphatic carbocycles. The fourth-order valence-electron chi connectivity index (χ4n) is 1.25. The second-order valence-electron chi connectivity index (χ2n) is 4.05. The van der Waals surface area contributed by atoms with Crippen LogP contribution in [0.2, 0.25) is 5.02 Å². The summed E-state index contributed by atoms with van der Waals surface area (Å²) < 4.78 is 0. The SMILES string of the molecule is Cc1c(Cl)cccc1NC(=O)C(Br)C(C)C. The van der Waals surface area contributed by atoms with Crippen molar-refractivity contribution in [3.63, 3.8) is 0 Å². The number of nitrogens with one attached hydrogen (secondary N) is 1. The molecule has 0 bridgehead atoms. The van der Waals surface area contributed by atoms with Crippen molar-refractivity contribution in [1.29, 1.82) is 0 Å². The minimum atomic E-state index is -0.189. The first kappa shape index (κ1) is 13.5. The highest BCUT2D eigenvalue weighted by Crippen LogP contribution is 2.24. The summed E-state index contributed by atoms with van der Waals surface area (Å²) in [6, 6.07) is 5.48. The van der Waals surface area contributed by atoms with Crippen LogP contribution in [-0.4, -0.2) is 10.7 Å². The van der Waals surface area contributed by atoms with Crippen molar-refractivity contribution in [2.75, 3.05) is 5.32 Å². The van der Waals surface area contributed by atoms with Crippen molar-refractivity contribution >= 4 is 39.1 Å². The van der Waals surface area contributed by atoms with Crippen LogP contribution in [0.5, 0.6) is 0 Å². The first-order valence-corrected chi connectivity index (χ1v) is 6.43. The number of hydrogen-bond donors (Lipinski definition) is 1. The van der Waals surface area contributed by atoms with E-state index < -0.39 is 0 Å². The molecule has 1 aromatic rings. The normalized spacial score (nSPS) is 12.6. The zero-order valence-electron chi connectivity index (χ0n) is 9.55. The smallest absolute Gasteiger partial charge is 0.238 e. The summed E-state index contributed by atoms with van der Waals surface area (Å²) >= 11 is 9.34. The minimum absolute atomic E-state index is 0.0413. The van der Waals surface area contributed by atoms with E-state index in [2.05, 4.69) is 21.2 Å². The Morgan fingerprint density at radius 3 is 2.62 bits per heavy atom. The van der Waals surface area contributed by atoms with E-state index in [9.17, 15) is 4.79 Å². The summed E-state index contributed by atoms with van der Waals surface area (Å²) in [5, 5.41) is 3.52. The number of anilines is 1. The molecule has 88 valence electrons. The van der Waals surface area contributed by atoms with Crippen LogP contribution in [0.1, 0.15) is 19.4 Å². The third-order valence-corrected chi connectivity index (χ3v) is 4.24. The van der Waals surface area contributed by atoms with Gasteiger partial charge in [0, 0.05) is 10.7 Å². The number of carbonyl (C=O) groups excluding carboxylic acids is 1. The van der Waals surface area contributed by atoms with Crippen LogP contribution in [0.3, 0.4) is 0 Å². The van der Waals surface area contributed by atoms with Crippen LogP contribution in [0.25, 0.3) is 0 Å². The third kappa shape index (κ3) is 3.22. The Morgan fingerprint density at radius 1 is 1.44 bits per heavy atom. The van der Waals surface area contributed by atoms with Crippen molar-refractivity contribution in [3.05, 3.63) is 28.8 Å². The third-order valence-electron chi connectivity index (χ3n) is 2.36. The largest absolute Gasteiger partial charge is 0.325 e. The van der Waals surface area contributed by atoms with Crippen molar-refractivity contribution in [2.45, 2.75) is 25.6 Å². The summed E-state index contributed by atoms with van der Waals surface area (Å²) in [6.07, 6.45) is 0.